The van der Waals surface area contributed by atoms with Crippen molar-refractivity contribution in [2.24, 2.45) is 0 Å². The lowest BCUT2D eigenvalue weighted by Gasteiger charge is -2.10. The van der Waals surface area contributed by atoms with Crippen LogP contribution in [0.4, 0.5) is 0 Å². The standard InChI is InChI=1S/C14H23NOS/c1-11-9-13(5-6-14(11)16-3)10-15-8-7-12(2)17-4/h5-6,9,12,15H,7-8,10H2,1-4H3. The van der Waals surface area contributed by atoms with Gasteiger partial charge in [0.2, 0.25) is 0 Å². The van der Waals surface area contributed by atoms with Gasteiger partial charge in [0.25, 0.3) is 0 Å². The molecule has 0 aliphatic heterocycles. The highest BCUT2D eigenvalue weighted by atomic mass is 32.2. The molecule has 1 unspecified atom stereocenters. The molecule has 1 rings (SSSR count). The van der Waals surface area contributed by atoms with Crippen molar-refractivity contribution in [3.05, 3.63) is 29.3 Å². The van der Waals surface area contributed by atoms with E-state index < -0.39 is 0 Å². The average molecular weight is 253 g/mol. The summed E-state index contributed by atoms with van der Waals surface area (Å²) in [6.07, 6.45) is 3.38. The van der Waals surface area contributed by atoms with E-state index in [0.717, 1.165) is 24.1 Å². The zero-order valence-corrected chi connectivity index (χ0v) is 12.1. The maximum atomic E-state index is 5.25. The lowest BCUT2D eigenvalue weighted by atomic mass is 10.1. The van der Waals surface area contributed by atoms with Crippen molar-refractivity contribution in [3.63, 3.8) is 0 Å². The Kier molecular flexibility index (Phi) is 6.45. The average Bonchev–Trinajstić information content (AvgIpc) is 2.34. The minimum Gasteiger partial charge on any atom is -0.496 e. The highest BCUT2D eigenvalue weighted by Crippen LogP contribution is 2.18. The SMILES string of the molecule is COc1ccc(CNCCC(C)SC)cc1C. The van der Waals surface area contributed by atoms with Gasteiger partial charge in [-0.25, -0.2) is 0 Å². The van der Waals surface area contributed by atoms with Gasteiger partial charge in [0.05, 0.1) is 7.11 Å². The molecule has 0 fully saturated rings. The molecule has 0 aliphatic rings. The van der Waals surface area contributed by atoms with Crippen LogP contribution in [0, 0.1) is 6.92 Å². The maximum absolute atomic E-state index is 5.25. The first-order chi connectivity index (χ1) is 8.17. The monoisotopic (exact) mass is 253 g/mol. The van der Waals surface area contributed by atoms with Crippen molar-refractivity contribution >= 4 is 11.8 Å². The Balaban J connectivity index is 2.34. The molecule has 17 heavy (non-hydrogen) atoms. The molecule has 0 bridgehead atoms. The summed E-state index contributed by atoms with van der Waals surface area (Å²) >= 11 is 1.92. The number of thioether (sulfide) groups is 1. The Morgan fingerprint density at radius 3 is 2.76 bits per heavy atom. The number of ether oxygens (including phenoxy) is 1. The number of methoxy groups -OCH3 is 1. The lowest BCUT2D eigenvalue weighted by Crippen LogP contribution is -2.17. The van der Waals surface area contributed by atoms with Gasteiger partial charge in [0.1, 0.15) is 5.75 Å². The number of aryl methyl sites for hydroxylation is 1. The number of hydrogen-bond acceptors (Lipinski definition) is 3. The van der Waals surface area contributed by atoms with Gasteiger partial charge in [-0.3, -0.25) is 0 Å². The Hall–Kier alpha value is -0.670. The predicted octanol–water partition coefficient (Wildman–Crippen LogP) is 3.23. The van der Waals surface area contributed by atoms with Gasteiger partial charge in [-0.2, -0.15) is 11.8 Å². The topological polar surface area (TPSA) is 21.3 Å². The van der Waals surface area contributed by atoms with Gasteiger partial charge in [-0.1, -0.05) is 19.1 Å². The Morgan fingerprint density at radius 1 is 1.41 bits per heavy atom. The summed E-state index contributed by atoms with van der Waals surface area (Å²) in [5.41, 5.74) is 2.52. The third kappa shape index (κ3) is 5.00. The van der Waals surface area contributed by atoms with Gasteiger partial charge in [-0.05, 0) is 43.3 Å². The summed E-state index contributed by atoms with van der Waals surface area (Å²) in [5.74, 6) is 0.963. The van der Waals surface area contributed by atoms with Crippen molar-refractivity contribution in [3.8, 4) is 5.75 Å². The number of rotatable bonds is 7. The van der Waals surface area contributed by atoms with Crippen LogP contribution in [0.15, 0.2) is 18.2 Å². The Morgan fingerprint density at radius 2 is 2.18 bits per heavy atom. The number of hydrogen-bond donors (Lipinski definition) is 1. The van der Waals surface area contributed by atoms with E-state index in [-0.39, 0.29) is 0 Å². The molecule has 0 spiro atoms. The van der Waals surface area contributed by atoms with Gasteiger partial charge < -0.3 is 10.1 Å². The van der Waals surface area contributed by atoms with Crippen molar-refractivity contribution in [2.45, 2.75) is 32.1 Å². The van der Waals surface area contributed by atoms with Crippen molar-refractivity contribution in [2.75, 3.05) is 19.9 Å². The summed E-state index contributed by atoms with van der Waals surface area (Å²) in [5, 5.41) is 4.21. The predicted molar refractivity (Wildman–Crippen MR) is 77.0 cm³/mol. The summed E-state index contributed by atoms with van der Waals surface area (Å²) in [4.78, 5) is 0. The third-order valence-corrected chi connectivity index (χ3v) is 3.96. The molecular weight excluding hydrogens is 230 g/mol. The van der Waals surface area contributed by atoms with Crippen molar-refractivity contribution < 1.29 is 4.74 Å². The molecule has 1 aromatic carbocycles. The molecule has 0 saturated heterocycles. The molecular formula is C14H23NOS. The molecule has 0 aromatic heterocycles. The number of nitrogens with one attached hydrogen (secondary N) is 1. The summed E-state index contributed by atoms with van der Waals surface area (Å²) < 4.78 is 5.25. The smallest absolute Gasteiger partial charge is 0.121 e. The molecule has 0 aliphatic carbocycles. The quantitative estimate of drug-likeness (QED) is 0.754. The molecule has 1 atom stereocenters. The zero-order valence-electron chi connectivity index (χ0n) is 11.2. The van der Waals surface area contributed by atoms with Gasteiger partial charge in [0.15, 0.2) is 0 Å². The van der Waals surface area contributed by atoms with Gasteiger partial charge in [-0.15, -0.1) is 0 Å². The van der Waals surface area contributed by atoms with Crippen LogP contribution in [-0.2, 0) is 6.54 Å². The minimum absolute atomic E-state index is 0.736. The van der Waals surface area contributed by atoms with Crippen LogP contribution in [0.2, 0.25) is 0 Å². The molecule has 0 amide bonds. The van der Waals surface area contributed by atoms with Gasteiger partial charge in [0, 0.05) is 11.8 Å². The van der Waals surface area contributed by atoms with Crippen LogP contribution < -0.4 is 10.1 Å². The van der Waals surface area contributed by atoms with Crippen LogP contribution in [0.5, 0.6) is 5.75 Å². The Bertz CT molecular complexity index is 341. The first-order valence-electron chi connectivity index (χ1n) is 6.04. The Labute approximate surface area is 109 Å². The van der Waals surface area contributed by atoms with Crippen molar-refractivity contribution in [1.29, 1.82) is 0 Å². The van der Waals surface area contributed by atoms with E-state index in [2.05, 4.69) is 37.6 Å². The van der Waals surface area contributed by atoms with Crippen LogP contribution in [0.25, 0.3) is 0 Å². The molecule has 0 radical (unpaired) electrons. The first-order valence-corrected chi connectivity index (χ1v) is 7.33. The highest BCUT2D eigenvalue weighted by Gasteiger charge is 2.01. The van der Waals surface area contributed by atoms with E-state index in [0.29, 0.717) is 0 Å². The fourth-order valence-corrected chi connectivity index (χ4v) is 2.06. The van der Waals surface area contributed by atoms with Crippen molar-refractivity contribution in [1.82, 2.24) is 5.32 Å². The van der Waals surface area contributed by atoms with Gasteiger partial charge >= 0.3 is 0 Å². The molecule has 0 heterocycles. The van der Waals surface area contributed by atoms with Crippen LogP contribution in [0.3, 0.4) is 0 Å². The van der Waals surface area contributed by atoms with E-state index in [1.54, 1.807) is 7.11 Å². The van der Waals surface area contributed by atoms with E-state index in [4.69, 9.17) is 4.74 Å². The number of benzene rings is 1. The molecule has 2 nitrogen and oxygen atoms in total. The van der Waals surface area contributed by atoms with E-state index in [9.17, 15) is 0 Å². The second-order valence-electron chi connectivity index (χ2n) is 4.32. The second kappa shape index (κ2) is 7.62. The second-order valence-corrected chi connectivity index (χ2v) is 5.59. The van der Waals surface area contributed by atoms with E-state index in [1.165, 1.54) is 17.5 Å². The molecule has 1 N–H and O–H groups in total. The summed E-state index contributed by atoms with van der Waals surface area (Å²) in [6.45, 7) is 6.36. The zero-order chi connectivity index (χ0) is 12.7. The molecule has 0 saturated carbocycles. The fraction of sp³-hybridized carbons (Fsp3) is 0.571. The fourth-order valence-electron chi connectivity index (χ4n) is 1.71. The maximum Gasteiger partial charge on any atom is 0.121 e. The minimum atomic E-state index is 0.736. The van der Waals surface area contributed by atoms with Crippen LogP contribution in [0.1, 0.15) is 24.5 Å². The third-order valence-electron chi connectivity index (χ3n) is 2.92. The molecule has 3 heteroatoms. The summed E-state index contributed by atoms with van der Waals surface area (Å²) in [6, 6.07) is 6.34. The van der Waals surface area contributed by atoms with E-state index >= 15 is 0 Å². The first kappa shape index (κ1) is 14.4. The highest BCUT2D eigenvalue weighted by molar-refractivity contribution is 7.99. The molecule has 1 aromatic rings. The normalized spacial score (nSPS) is 12.5. The largest absolute Gasteiger partial charge is 0.496 e. The van der Waals surface area contributed by atoms with Crippen LogP contribution in [-0.4, -0.2) is 25.2 Å². The summed E-state index contributed by atoms with van der Waals surface area (Å²) in [7, 11) is 1.71. The van der Waals surface area contributed by atoms with E-state index in [1.807, 2.05) is 17.8 Å². The lowest BCUT2D eigenvalue weighted by molar-refractivity contribution is 0.411. The molecule has 96 valence electrons. The van der Waals surface area contributed by atoms with Crippen LogP contribution >= 0.6 is 11.8 Å².